The van der Waals surface area contributed by atoms with Crippen LogP contribution in [0.3, 0.4) is 0 Å². The van der Waals surface area contributed by atoms with Crippen LogP contribution in [0.15, 0.2) is 22.7 Å². The SMILES string of the molecule is Nc1n[nH]c(-c2ccc(F)c(Cl)c2)c1Br. The molecule has 1 aromatic heterocycles. The van der Waals surface area contributed by atoms with Crippen molar-refractivity contribution in [2.45, 2.75) is 0 Å². The topological polar surface area (TPSA) is 54.7 Å². The van der Waals surface area contributed by atoms with E-state index in [1.807, 2.05) is 0 Å². The van der Waals surface area contributed by atoms with E-state index in [-0.39, 0.29) is 5.02 Å². The van der Waals surface area contributed by atoms with Gasteiger partial charge in [0, 0.05) is 5.56 Å². The number of rotatable bonds is 1. The molecule has 0 fully saturated rings. The highest BCUT2D eigenvalue weighted by Crippen LogP contribution is 2.31. The zero-order valence-corrected chi connectivity index (χ0v) is 9.73. The van der Waals surface area contributed by atoms with Crippen LogP contribution in [0.5, 0.6) is 0 Å². The first kappa shape index (κ1) is 10.4. The number of nitrogens with two attached hydrogens (primary N) is 1. The molecule has 1 heterocycles. The smallest absolute Gasteiger partial charge is 0.160 e. The molecule has 1 aromatic carbocycles. The second-order valence-electron chi connectivity index (χ2n) is 2.93. The van der Waals surface area contributed by atoms with Crippen LogP contribution < -0.4 is 5.73 Å². The molecular weight excluding hydrogens is 284 g/mol. The highest BCUT2D eigenvalue weighted by Gasteiger charge is 2.11. The average Bonchev–Trinajstić information content (AvgIpc) is 2.53. The summed E-state index contributed by atoms with van der Waals surface area (Å²) >= 11 is 8.94. The molecule has 0 saturated carbocycles. The first-order valence-corrected chi connectivity index (χ1v) is 5.21. The maximum Gasteiger partial charge on any atom is 0.160 e. The molecule has 0 spiro atoms. The van der Waals surface area contributed by atoms with Crippen molar-refractivity contribution in [3.8, 4) is 11.3 Å². The number of anilines is 1. The van der Waals surface area contributed by atoms with E-state index in [2.05, 4.69) is 26.1 Å². The Balaban J connectivity index is 2.55. The molecule has 0 aliphatic heterocycles. The lowest BCUT2D eigenvalue weighted by atomic mass is 10.1. The van der Waals surface area contributed by atoms with Crippen LogP contribution in [0.25, 0.3) is 11.3 Å². The van der Waals surface area contributed by atoms with Crippen molar-refractivity contribution >= 4 is 33.3 Å². The van der Waals surface area contributed by atoms with Gasteiger partial charge in [0.15, 0.2) is 5.82 Å². The molecule has 3 nitrogen and oxygen atoms in total. The summed E-state index contributed by atoms with van der Waals surface area (Å²) in [5.41, 5.74) is 6.94. The minimum Gasteiger partial charge on any atom is -0.381 e. The highest BCUT2D eigenvalue weighted by molar-refractivity contribution is 9.10. The van der Waals surface area contributed by atoms with E-state index in [9.17, 15) is 4.39 Å². The Hall–Kier alpha value is -1.07. The van der Waals surface area contributed by atoms with E-state index in [0.717, 1.165) is 5.56 Å². The number of hydrogen-bond donors (Lipinski definition) is 2. The Morgan fingerprint density at radius 3 is 2.73 bits per heavy atom. The van der Waals surface area contributed by atoms with E-state index in [4.69, 9.17) is 17.3 Å². The number of hydrogen-bond acceptors (Lipinski definition) is 2. The maximum atomic E-state index is 12.9. The molecule has 0 aliphatic carbocycles. The zero-order valence-electron chi connectivity index (χ0n) is 7.39. The number of nitrogens with one attached hydrogen (secondary N) is 1. The molecule has 78 valence electrons. The second kappa shape index (κ2) is 3.83. The predicted octanol–water partition coefficient (Wildman–Crippen LogP) is 3.21. The minimum atomic E-state index is -0.455. The van der Waals surface area contributed by atoms with Gasteiger partial charge in [0.1, 0.15) is 5.82 Å². The summed E-state index contributed by atoms with van der Waals surface area (Å²) in [5, 5.41) is 6.61. The number of nitrogen functional groups attached to an aromatic ring is 1. The predicted molar refractivity (Wildman–Crippen MR) is 61.1 cm³/mol. The molecule has 0 radical (unpaired) electrons. The lowest BCUT2D eigenvalue weighted by Crippen LogP contribution is -1.84. The summed E-state index contributed by atoms with van der Waals surface area (Å²) in [4.78, 5) is 0. The first-order valence-electron chi connectivity index (χ1n) is 4.04. The van der Waals surface area contributed by atoms with Crippen molar-refractivity contribution in [2.24, 2.45) is 0 Å². The van der Waals surface area contributed by atoms with Crippen LogP contribution in [0.2, 0.25) is 5.02 Å². The molecule has 6 heteroatoms. The summed E-state index contributed by atoms with van der Waals surface area (Å²) < 4.78 is 13.6. The van der Waals surface area contributed by atoms with E-state index in [1.54, 1.807) is 6.07 Å². The fraction of sp³-hybridized carbons (Fsp3) is 0. The molecule has 15 heavy (non-hydrogen) atoms. The largest absolute Gasteiger partial charge is 0.381 e. The average molecular weight is 291 g/mol. The van der Waals surface area contributed by atoms with Crippen LogP contribution in [-0.4, -0.2) is 10.2 Å². The van der Waals surface area contributed by atoms with Crippen LogP contribution in [0, 0.1) is 5.82 Å². The van der Waals surface area contributed by atoms with E-state index in [1.165, 1.54) is 12.1 Å². The maximum absolute atomic E-state index is 12.9. The Morgan fingerprint density at radius 1 is 1.47 bits per heavy atom. The van der Waals surface area contributed by atoms with Gasteiger partial charge in [-0.1, -0.05) is 11.6 Å². The summed E-state index contributed by atoms with van der Waals surface area (Å²) in [5.74, 6) is -0.102. The van der Waals surface area contributed by atoms with Gasteiger partial charge in [-0.05, 0) is 34.1 Å². The van der Waals surface area contributed by atoms with Gasteiger partial charge in [0.25, 0.3) is 0 Å². The fourth-order valence-electron chi connectivity index (χ4n) is 1.19. The number of H-pyrrole nitrogens is 1. The van der Waals surface area contributed by atoms with E-state index in [0.29, 0.717) is 16.0 Å². The third-order valence-corrected chi connectivity index (χ3v) is 3.03. The van der Waals surface area contributed by atoms with Crippen LogP contribution >= 0.6 is 27.5 Å². The molecule has 0 aliphatic rings. The van der Waals surface area contributed by atoms with Gasteiger partial charge < -0.3 is 5.73 Å². The van der Waals surface area contributed by atoms with Crippen molar-refractivity contribution in [3.63, 3.8) is 0 Å². The van der Waals surface area contributed by atoms with Gasteiger partial charge in [-0.3, -0.25) is 5.10 Å². The highest BCUT2D eigenvalue weighted by atomic mass is 79.9. The number of aromatic nitrogens is 2. The van der Waals surface area contributed by atoms with Gasteiger partial charge in [-0.2, -0.15) is 5.10 Å². The molecular formula is C9H6BrClFN3. The molecule has 2 aromatic rings. The zero-order chi connectivity index (χ0) is 11.0. The lowest BCUT2D eigenvalue weighted by molar-refractivity contribution is 0.628. The number of halogens is 3. The minimum absolute atomic E-state index is 0.0626. The normalized spacial score (nSPS) is 10.6. The molecule has 0 bridgehead atoms. The number of benzene rings is 1. The number of aromatic amines is 1. The standard InChI is InChI=1S/C9H6BrClFN3/c10-7-8(14-15-9(7)13)4-1-2-6(12)5(11)3-4/h1-3H,(H3,13,14,15). The first-order chi connectivity index (χ1) is 7.09. The van der Waals surface area contributed by atoms with Gasteiger partial charge in [-0.25, -0.2) is 4.39 Å². The van der Waals surface area contributed by atoms with Crippen molar-refractivity contribution in [3.05, 3.63) is 33.5 Å². The molecule has 0 saturated heterocycles. The lowest BCUT2D eigenvalue weighted by Gasteiger charge is -2.00. The molecule has 0 unspecified atom stereocenters. The summed E-state index contributed by atoms with van der Waals surface area (Å²) in [6.07, 6.45) is 0. The van der Waals surface area contributed by atoms with E-state index < -0.39 is 5.82 Å². The molecule has 0 atom stereocenters. The van der Waals surface area contributed by atoms with Crippen molar-refractivity contribution in [1.82, 2.24) is 10.2 Å². The molecule has 0 amide bonds. The van der Waals surface area contributed by atoms with E-state index >= 15 is 0 Å². The summed E-state index contributed by atoms with van der Waals surface area (Å²) in [6, 6.07) is 4.40. The molecule has 3 N–H and O–H groups in total. The summed E-state index contributed by atoms with van der Waals surface area (Å²) in [6.45, 7) is 0. The Morgan fingerprint density at radius 2 is 2.20 bits per heavy atom. The van der Waals surface area contributed by atoms with Gasteiger partial charge >= 0.3 is 0 Å². The monoisotopic (exact) mass is 289 g/mol. The van der Waals surface area contributed by atoms with Crippen LogP contribution in [0.1, 0.15) is 0 Å². The van der Waals surface area contributed by atoms with Crippen molar-refractivity contribution < 1.29 is 4.39 Å². The Labute approximate surface area is 98.6 Å². The number of nitrogens with zero attached hydrogens (tertiary/aromatic N) is 1. The Bertz CT molecular complexity index is 512. The fourth-order valence-corrected chi connectivity index (χ4v) is 1.77. The Kier molecular flexibility index (Phi) is 2.67. The van der Waals surface area contributed by atoms with Crippen molar-refractivity contribution in [2.75, 3.05) is 5.73 Å². The van der Waals surface area contributed by atoms with Crippen molar-refractivity contribution in [1.29, 1.82) is 0 Å². The second-order valence-corrected chi connectivity index (χ2v) is 4.13. The third kappa shape index (κ3) is 1.85. The third-order valence-electron chi connectivity index (χ3n) is 1.94. The van der Waals surface area contributed by atoms with Crippen LogP contribution in [0.4, 0.5) is 10.2 Å². The van der Waals surface area contributed by atoms with Gasteiger partial charge in [-0.15, -0.1) is 0 Å². The summed E-state index contributed by atoms with van der Waals surface area (Å²) in [7, 11) is 0. The van der Waals surface area contributed by atoms with Gasteiger partial charge in [0.2, 0.25) is 0 Å². The van der Waals surface area contributed by atoms with Gasteiger partial charge in [0.05, 0.1) is 15.2 Å². The molecule has 2 rings (SSSR count). The quantitative estimate of drug-likeness (QED) is 0.847. The van der Waals surface area contributed by atoms with Crippen LogP contribution in [-0.2, 0) is 0 Å².